The monoisotopic (exact) mass is 899 g/mol. The number of fused-ring (bicyclic) bond motifs is 2. The van der Waals surface area contributed by atoms with Gasteiger partial charge in [0.25, 0.3) is 12.3 Å². The Morgan fingerprint density at radius 2 is 1.92 bits per heavy atom. The van der Waals surface area contributed by atoms with E-state index in [-0.39, 0.29) is 54.8 Å². The van der Waals surface area contributed by atoms with Crippen LogP contribution in [-0.4, -0.2) is 135 Å². The Morgan fingerprint density at radius 1 is 1.08 bits per heavy atom. The van der Waals surface area contributed by atoms with Crippen LogP contribution >= 0.6 is 0 Å². The topological polar surface area (TPSA) is 175 Å². The van der Waals surface area contributed by atoms with Crippen molar-refractivity contribution < 1.29 is 41.8 Å². The zero-order valence-electron chi connectivity index (χ0n) is 36.3. The Labute approximate surface area is 372 Å². The number of alkyl halides is 3. The van der Waals surface area contributed by atoms with Crippen molar-refractivity contribution in [1.29, 1.82) is 0 Å². The van der Waals surface area contributed by atoms with Gasteiger partial charge >= 0.3 is 0 Å². The number of aromatic nitrogens is 7. The molecule has 0 spiro atoms. The summed E-state index contributed by atoms with van der Waals surface area (Å²) in [7, 11) is 3.41. The molecule has 0 unspecified atom stereocenters. The fourth-order valence-corrected chi connectivity index (χ4v) is 9.66. The van der Waals surface area contributed by atoms with Crippen LogP contribution in [0.15, 0.2) is 42.9 Å². The quantitative estimate of drug-likeness (QED) is 0.132. The second-order valence-corrected chi connectivity index (χ2v) is 17.3. The summed E-state index contributed by atoms with van der Waals surface area (Å²) in [6, 6.07) is 7.29. The Kier molecular flexibility index (Phi) is 13.2. The third-order valence-electron chi connectivity index (χ3n) is 13.0. The van der Waals surface area contributed by atoms with Gasteiger partial charge in [0.1, 0.15) is 24.2 Å². The number of nitrogens with zero attached hydrogens (tertiary/aromatic N) is 9. The Bertz CT molecular complexity index is 2610. The number of hydrogen-bond donors (Lipinski definition) is 2. The van der Waals surface area contributed by atoms with E-state index in [4.69, 9.17) is 19.2 Å². The summed E-state index contributed by atoms with van der Waals surface area (Å²) in [5, 5.41) is 19.0. The highest BCUT2D eigenvalue weighted by atomic mass is 19.3. The first-order valence-electron chi connectivity index (χ1n) is 22.2. The van der Waals surface area contributed by atoms with Crippen LogP contribution in [0.1, 0.15) is 90.6 Å². The van der Waals surface area contributed by atoms with Crippen LogP contribution in [0.3, 0.4) is 0 Å². The Morgan fingerprint density at radius 3 is 2.71 bits per heavy atom. The van der Waals surface area contributed by atoms with Gasteiger partial charge in [0, 0.05) is 71.1 Å². The summed E-state index contributed by atoms with van der Waals surface area (Å²) < 4.78 is 65.8. The SMILES string of the molecule is COC[C@H]1CN(c2ccn3ncc(C(=O)Nc4cn(C5CCC(CN6CC[C@H](OCC#Cc7cccc8c([C@@H]9CCC(=O)NC9=O)nn(C)c78)[C@H](F)C6)CC5)nc4C(F)F)c3n2)CCO1. The van der Waals surface area contributed by atoms with E-state index in [1.807, 2.05) is 23.1 Å². The number of rotatable bonds is 12. The molecular formula is C45H52F3N11O6. The van der Waals surface area contributed by atoms with E-state index in [1.54, 1.807) is 35.8 Å². The van der Waals surface area contributed by atoms with Crippen molar-refractivity contribution in [3.05, 3.63) is 65.4 Å². The lowest BCUT2D eigenvalue weighted by Crippen LogP contribution is -2.47. The molecule has 4 aromatic heterocycles. The average Bonchev–Trinajstić information content (AvgIpc) is 4.02. The lowest BCUT2D eigenvalue weighted by Gasteiger charge is -2.38. The van der Waals surface area contributed by atoms with Crippen LogP contribution in [0.2, 0.25) is 0 Å². The maximum atomic E-state index is 15.5. The zero-order valence-corrected chi connectivity index (χ0v) is 36.3. The van der Waals surface area contributed by atoms with E-state index >= 15 is 4.39 Å². The van der Waals surface area contributed by atoms with Gasteiger partial charge in [0.15, 0.2) is 11.3 Å². The highest BCUT2D eigenvalue weighted by molar-refractivity contribution is 6.08. The van der Waals surface area contributed by atoms with Crippen LogP contribution in [0, 0.1) is 17.8 Å². The molecule has 1 saturated carbocycles. The number of nitrogens with one attached hydrogen (secondary N) is 2. The molecule has 4 aliphatic rings. The van der Waals surface area contributed by atoms with Crippen molar-refractivity contribution in [2.24, 2.45) is 13.0 Å². The fourth-order valence-electron chi connectivity index (χ4n) is 9.66. The number of para-hydroxylation sites is 1. The molecule has 1 aromatic carbocycles. The molecule has 17 nitrogen and oxygen atoms in total. The molecule has 2 N–H and O–H groups in total. The first-order valence-corrected chi connectivity index (χ1v) is 22.2. The van der Waals surface area contributed by atoms with Gasteiger partial charge in [0.2, 0.25) is 11.8 Å². The van der Waals surface area contributed by atoms with Crippen LogP contribution in [0.5, 0.6) is 0 Å². The smallest absolute Gasteiger partial charge is 0.284 e. The predicted octanol–water partition coefficient (Wildman–Crippen LogP) is 4.59. The summed E-state index contributed by atoms with van der Waals surface area (Å²) >= 11 is 0. The molecule has 344 valence electrons. The van der Waals surface area contributed by atoms with Crippen LogP contribution in [-0.2, 0) is 30.8 Å². The van der Waals surface area contributed by atoms with Crippen molar-refractivity contribution in [3.8, 4) is 11.8 Å². The van der Waals surface area contributed by atoms with E-state index < -0.39 is 36.2 Å². The number of methoxy groups -OCH3 is 1. The maximum absolute atomic E-state index is 15.5. The number of amides is 3. The minimum absolute atomic E-state index is 0.0554. The fraction of sp³-hybridized carbons (Fsp3) is 0.533. The number of hydrogen-bond acceptors (Lipinski definition) is 12. The number of likely N-dealkylation sites (tertiary alicyclic amines) is 1. The molecule has 0 bridgehead atoms. The van der Waals surface area contributed by atoms with Gasteiger partial charge in [-0.2, -0.15) is 15.3 Å². The van der Waals surface area contributed by atoms with Gasteiger partial charge in [-0.25, -0.2) is 22.7 Å². The Balaban J connectivity index is 0.755. The van der Waals surface area contributed by atoms with Gasteiger partial charge in [-0.05, 0) is 56.6 Å². The molecular weight excluding hydrogens is 848 g/mol. The van der Waals surface area contributed by atoms with Gasteiger partial charge in [0.05, 0.1) is 66.0 Å². The third-order valence-corrected chi connectivity index (χ3v) is 13.0. The Hall–Kier alpha value is -5.88. The molecule has 3 saturated heterocycles. The highest BCUT2D eigenvalue weighted by Gasteiger charge is 2.34. The minimum atomic E-state index is -2.91. The third kappa shape index (κ3) is 9.60. The van der Waals surface area contributed by atoms with E-state index in [0.29, 0.717) is 87.2 Å². The number of aryl methyl sites for hydroxylation is 1. The van der Waals surface area contributed by atoms with Gasteiger partial charge in [-0.1, -0.05) is 24.0 Å². The number of carbonyl (C=O) groups excluding carboxylic acids is 3. The van der Waals surface area contributed by atoms with Crippen LogP contribution in [0.4, 0.5) is 24.7 Å². The number of carbonyl (C=O) groups is 3. The van der Waals surface area contributed by atoms with Crippen molar-refractivity contribution in [2.45, 2.75) is 81.7 Å². The normalized spacial score (nSPS) is 24.4. The van der Waals surface area contributed by atoms with Crippen LogP contribution < -0.4 is 15.5 Å². The second kappa shape index (κ2) is 19.3. The van der Waals surface area contributed by atoms with E-state index in [1.165, 1.54) is 16.9 Å². The van der Waals surface area contributed by atoms with Gasteiger partial charge in [-0.15, -0.1) is 0 Å². The molecule has 9 rings (SSSR count). The van der Waals surface area contributed by atoms with Crippen molar-refractivity contribution in [3.63, 3.8) is 0 Å². The van der Waals surface area contributed by atoms with Crippen molar-refractivity contribution in [1.82, 2.24) is 44.4 Å². The summed E-state index contributed by atoms with van der Waals surface area (Å²) in [5.41, 5.74) is 1.97. The number of benzene rings is 1. The zero-order chi connectivity index (χ0) is 45.2. The van der Waals surface area contributed by atoms with E-state index in [9.17, 15) is 23.2 Å². The minimum Gasteiger partial charge on any atom is -0.382 e. The molecule has 3 aliphatic heterocycles. The van der Waals surface area contributed by atoms with E-state index in [0.717, 1.165) is 30.3 Å². The predicted molar refractivity (Wildman–Crippen MR) is 231 cm³/mol. The molecule has 0 radical (unpaired) electrons. The summed E-state index contributed by atoms with van der Waals surface area (Å²) in [4.78, 5) is 46.7. The average molecular weight is 900 g/mol. The second-order valence-electron chi connectivity index (χ2n) is 17.3. The summed E-state index contributed by atoms with van der Waals surface area (Å²) in [5.74, 6) is 5.36. The standard InChI is InChI=1S/C45H52F3N11O6/c1-55-41-28(5-3-7-31(41)39(53-55)32-12-13-38(60)52-44(32)61)6-4-19-65-36-14-16-56(24-34(36)46)22-27-8-10-29(11-9-27)59-25-35(40(54-59)42(47)48)50-45(62)33-21-49-58-17-15-37(51-43(33)58)57-18-20-64-30(23-57)26-63-2/h3,5,7,15,17,21,25,27,29-30,32,34,36,42H,8-14,16,18-20,22-24,26H2,1-2H3,(H,50,62)(H,52,60,61)/t27?,29?,30-,32+,34-,36+/m1/s1. The van der Waals surface area contributed by atoms with Gasteiger partial charge in [-0.3, -0.25) is 34.0 Å². The lowest BCUT2D eigenvalue weighted by molar-refractivity contribution is -0.134. The molecule has 20 heteroatoms. The lowest BCUT2D eigenvalue weighted by atomic mass is 9.85. The van der Waals surface area contributed by atoms with E-state index in [2.05, 4.69) is 42.7 Å². The molecule has 7 heterocycles. The molecule has 4 fully saturated rings. The van der Waals surface area contributed by atoms with Crippen molar-refractivity contribution >= 4 is 45.8 Å². The van der Waals surface area contributed by atoms with Crippen molar-refractivity contribution in [2.75, 3.05) is 69.9 Å². The number of imide groups is 1. The highest BCUT2D eigenvalue weighted by Crippen LogP contribution is 2.36. The van der Waals surface area contributed by atoms with Gasteiger partial charge < -0.3 is 24.4 Å². The molecule has 5 aromatic rings. The number of anilines is 2. The summed E-state index contributed by atoms with van der Waals surface area (Å²) in [6.45, 7) is 3.82. The first-order chi connectivity index (χ1) is 31.5. The first kappa shape index (κ1) is 44.3. The summed E-state index contributed by atoms with van der Waals surface area (Å²) in [6.07, 6.45) is 4.01. The molecule has 4 atom stereocenters. The molecule has 1 aliphatic carbocycles. The number of morpholine rings is 1. The number of halogens is 3. The maximum Gasteiger partial charge on any atom is 0.284 e. The number of ether oxygens (including phenoxy) is 3. The molecule has 3 amide bonds. The largest absolute Gasteiger partial charge is 0.382 e. The number of piperidine rings is 2. The van der Waals surface area contributed by atoms with Crippen LogP contribution in [0.25, 0.3) is 16.6 Å². The molecule has 65 heavy (non-hydrogen) atoms.